The van der Waals surface area contributed by atoms with E-state index >= 15 is 0 Å². The third kappa shape index (κ3) is 5.37. The van der Waals surface area contributed by atoms with Crippen molar-refractivity contribution in [3.63, 3.8) is 0 Å². The Bertz CT molecular complexity index is 773. The van der Waals surface area contributed by atoms with Gasteiger partial charge in [-0.2, -0.15) is 0 Å². The van der Waals surface area contributed by atoms with Crippen LogP contribution in [-0.2, 0) is 16.1 Å². The number of benzene rings is 1. The molecule has 2 aromatic rings. The summed E-state index contributed by atoms with van der Waals surface area (Å²) in [6.07, 6.45) is 5.93. The number of nitrogens with zero attached hydrogens (tertiary/aromatic N) is 2. The van der Waals surface area contributed by atoms with E-state index in [-0.39, 0.29) is 17.9 Å². The smallest absolute Gasteiger partial charge is 0.254 e. The molecule has 0 bridgehead atoms. The van der Waals surface area contributed by atoms with Gasteiger partial charge in [0, 0.05) is 49.8 Å². The number of rotatable bonds is 7. The molecule has 1 unspecified atom stereocenters. The molecule has 2 amide bonds. The number of carbonyl (C=O) groups is 2. The van der Waals surface area contributed by atoms with Gasteiger partial charge >= 0.3 is 0 Å². The predicted molar refractivity (Wildman–Crippen MR) is 103 cm³/mol. The third-order valence-electron chi connectivity index (χ3n) is 4.55. The Labute approximate surface area is 159 Å². The molecule has 0 spiro atoms. The van der Waals surface area contributed by atoms with Crippen molar-refractivity contribution in [3.05, 3.63) is 59.9 Å². The number of pyridine rings is 1. The molecule has 1 N–H and O–H groups in total. The largest absolute Gasteiger partial charge is 0.376 e. The van der Waals surface area contributed by atoms with Gasteiger partial charge in [-0.25, -0.2) is 0 Å². The topological polar surface area (TPSA) is 71.5 Å². The third-order valence-corrected chi connectivity index (χ3v) is 4.55. The molecule has 27 heavy (non-hydrogen) atoms. The van der Waals surface area contributed by atoms with Crippen molar-refractivity contribution in [2.75, 3.05) is 18.5 Å². The molecule has 2 heterocycles. The maximum Gasteiger partial charge on any atom is 0.254 e. The van der Waals surface area contributed by atoms with E-state index < -0.39 is 0 Å². The summed E-state index contributed by atoms with van der Waals surface area (Å²) >= 11 is 0. The van der Waals surface area contributed by atoms with Crippen molar-refractivity contribution < 1.29 is 14.3 Å². The summed E-state index contributed by atoms with van der Waals surface area (Å²) in [4.78, 5) is 30.8. The molecule has 1 aliphatic heterocycles. The second kappa shape index (κ2) is 9.28. The highest BCUT2D eigenvalue weighted by Gasteiger charge is 2.24. The molecule has 1 aromatic carbocycles. The molecule has 0 saturated carbocycles. The Morgan fingerprint density at radius 1 is 1.30 bits per heavy atom. The Morgan fingerprint density at radius 2 is 2.19 bits per heavy atom. The van der Waals surface area contributed by atoms with Gasteiger partial charge in [0.2, 0.25) is 5.91 Å². The number of ether oxygens (including phenoxy) is 1. The van der Waals surface area contributed by atoms with E-state index in [0.717, 1.165) is 25.0 Å². The fourth-order valence-corrected chi connectivity index (χ4v) is 3.13. The fourth-order valence-electron chi connectivity index (χ4n) is 3.13. The number of anilines is 1. The predicted octanol–water partition coefficient (Wildman–Crippen LogP) is 3.25. The molecule has 142 valence electrons. The normalized spacial score (nSPS) is 16.1. The first kappa shape index (κ1) is 19.0. The van der Waals surface area contributed by atoms with Gasteiger partial charge in [0.15, 0.2) is 0 Å². The molecule has 0 aliphatic carbocycles. The minimum Gasteiger partial charge on any atom is -0.376 e. The maximum atomic E-state index is 13.2. The SMILES string of the molecule is CCC(=O)Nc1cccc(C(=O)N(Cc2cccnc2)CC2CCCO2)c1. The number of carbonyl (C=O) groups excluding carboxylic acids is 2. The standard InChI is InChI=1S/C21H25N3O3/c1-2-20(25)23-18-8-3-7-17(12-18)21(26)24(15-19-9-5-11-27-19)14-16-6-4-10-22-13-16/h3-4,6-8,10,12-13,19H,2,5,9,11,14-15H2,1H3,(H,23,25). The number of aromatic nitrogens is 1. The second-order valence-electron chi connectivity index (χ2n) is 6.66. The van der Waals surface area contributed by atoms with Crippen LogP contribution in [0.4, 0.5) is 5.69 Å². The van der Waals surface area contributed by atoms with Crippen LogP contribution < -0.4 is 5.32 Å². The molecule has 1 aliphatic rings. The highest BCUT2D eigenvalue weighted by atomic mass is 16.5. The van der Waals surface area contributed by atoms with Crippen LogP contribution in [0.1, 0.15) is 42.1 Å². The molecule has 0 radical (unpaired) electrons. The zero-order chi connectivity index (χ0) is 19.1. The maximum absolute atomic E-state index is 13.2. The highest BCUT2D eigenvalue weighted by Crippen LogP contribution is 2.19. The van der Waals surface area contributed by atoms with Gasteiger partial charge in [-0.15, -0.1) is 0 Å². The summed E-state index contributed by atoms with van der Waals surface area (Å²) in [5, 5.41) is 2.80. The molecule has 1 saturated heterocycles. The summed E-state index contributed by atoms with van der Waals surface area (Å²) < 4.78 is 5.73. The Hall–Kier alpha value is -2.73. The van der Waals surface area contributed by atoms with Crippen LogP contribution in [0.3, 0.4) is 0 Å². The molecule has 6 heteroatoms. The van der Waals surface area contributed by atoms with Crippen molar-refractivity contribution in [3.8, 4) is 0 Å². The number of hydrogen-bond donors (Lipinski definition) is 1. The van der Waals surface area contributed by atoms with Crippen molar-refractivity contribution in [1.29, 1.82) is 0 Å². The summed E-state index contributed by atoms with van der Waals surface area (Å²) in [7, 11) is 0. The second-order valence-corrected chi connectivity index (χ2v) is 6.66. The Morgan fingerprint density at radius 3 is 2.89 bits per heavy atom. The van der Waals surface area contributed by atoms with E-state index in [9.17, 15) is 9.59 Å². The molecular weight excluding hydrogens is 342 g/mol. The molecule has 1 atom stereocenters. The van der Waals surface area contributed by atoms with Gasteiger partial charge < -0.3 is 15.0 Å². The van der Waals surface area contributed by atoms with Gasteiger partial charge in [-0.1, -0.05) is 19.1 Å². The van der Waals surface area contributed by atoms with Gasteiger partial charge in [0.25, 0.3) is 5.91 Å². The lowest BCUT2D eigenvalue weighted by Crippen LogP contribution is -2.37. The lowest BCUT2D eigenvalue weighted by molar-refractivity contribution is -0.115. The van der Waals surface area contributed by atoms with Gasteiger partial charge in [-0.3, -0.25) is 14.6 Å². The minimum absolute atomic E-state index is 0.0635. The Kier molecular flexibility index (Phi) is 6.54. The zero-order valence-corrected chi connectivity index (χ0v) is 15.6. The molecule has 6 nitrogen and oxygen atoms in total. The van der Waals surface area contributed by atoms with Gasteiger partial charge in [-0.05, 0) is 42.7 Å². The van der Waals surface area contributed by atoms with Crippen molar-refractivity contribution >= 4 is 17.5 Å². The van der Waals surface area contributed by atoms with Crippen LogP contribution in [-0.4, -0.2) is 41.0 Å². The van der Waals surface area contributed by atoms with Crippen LogP contribution in [0, 0.1) is 0 Å². The van der Waals surface area contributed by atoms with E-state index in [1.165, 1.54) is 0 Å². The summed E-state index contributed by atoms with van der Waals surface area (Å²) in [6.45, 7) is 3.55. The molecule has 1 aromatic heterocycles. The van der Waals surface area contributed by atoms with Crippen LogP contribution in [0.25, 0.3) is 0 Å². The van der Waals surface area contributed by atoms with Crippen LogP contribution in [0.15, 0.2) is 48.8 Å². The summed E-state index contributed by atoms with van der Waals surface area (Å²) in [5.41, 5.74) is 2.15. The first-order valence-electron chi connectivity index (χ1n) is 9.35. The first-order chi connectivity index (χ1) is 13.2. The lowest BCUT2D eigenvalue weighted by Gasteiger charge is -2.26. The summed E-state index contributed by atoms with van der Waals surface area (Å²) in [6, 6.07) is 10.9. The molecule has 3 rings (SSSR count). The zero-order valence-electron chi connectivity index (χ0n) is 15.6. The average Bonchev–Trinajstić information content (AvgIpc) is 3.21. The Balaban J connectivity index is 1.78. The van der Waals surface area contributed by atoms with Crippen molar-refractivity contribution in [1.82, 2.24) is 9.88 Å². The number of hydrogen-bond acceptors (Lipinski definition) is 4. The van der Waals surface area contributed by atoms with E-state index in [0.29, 0.717) is 30.8 Å². The minimum atomic E-state index is -0.0815. The van der Waals surface area contributed by atoms with E-state index in [1.807, 2.05) is 12.1 Å². The quantitative estimate of drug-likeness (QED) is 0.815. The fraction of sp³-hybridized carbons (Fsp3) is 0.381. The van der Waals surface area contributed by atoms with Crippen LogP contribution in [0.2, 0.25) is 0 Å². The lowest BCUT2D eigenvalue weighted by atomic mass is 10.1. The van der Waals surface area contributed by atoms with E-state index in [1.54, 1.807) is 48.5 Å². The summed E-state index contributed by atoms with van der Waals surface area (Å²) in [5.74, 6) is -0.159. The number of amides is 2. The first-order valence-corrected chi connectivity index (χ1v) is 9.35. The molecular formula is C21H25N3O3. The monoisotopic (exact) mass is 367 g/mol. The van der Waals surface area contributed by atoms with Crippen molar-refractivity contribution in [2.24, 2.45) is 0 Å². The van der Waals surface area contributed by atoms with Crippen LogP contribution in [0.5, 0.6) is 0 Å². The van der Waals surface area contributed by atoms with E-state index in [2.05, 4.69) is 10.3 Å². The highest BCUT2D eigenvalue weighted by molar-refractivity contribution is 5.97. The van der Waals surface area contributed by atoms with Gasteiger partial charge in [0.05, 0.1) is 6.10 Å². The molecule has 1 fully saturated rings. The average molecular weight is 367 g/mol. The van der Waals surface area contributed by atoms with Gasteiger partial charge in [0.1, 0.15) is 0 Å². The van der Waals surface area contributed by atoms with E-state index in [4.69, 9.17) is 4.74 Å². The van der Waals surface area contributed by atoms with Crippen molar-refractivity contribution in [2.45, 2.75) is 38.8 Å². The van der Waals surface area contributed by atoms with Crippen LogP contribution >= 0.6 is 0 Å². The number of nitrogens with one attached hydrogen (secondary N) is 1.